The van der Waals surface area contributed by atoms with Gasteiger partial charge in [-0.3, -0.25) is 9.59 Å². The molecule has 4 aromatic rings. The minimum absolute atomic E-state index is 0.123. The monoisotopic (exact) mass is 807 g/mol. The van der Waals surface area contributed by atoms with Crippen LogP contribution in [0, 0.1) is 11.8 Å². The van der Waals surface area contributed by atoms with E-state index in [1.165, 1.54) is 19.8 Å². The molecular formula is C43H53N9O7. The summed E-state index contributed by atoms with van der Waals surface area (Å²) in [5, 5.41) is 5.42. The largest absolute Gasteiger partial charge is 0.453 e. The van der Waals surface area contributed by atoms with Gasteiger partial charge in [0.05, 0.1) is 61.5 Å². The van der Waals surface area contributed by atoms with Crippen molar-refractivity contribution < 1.29 is 33.4 Å². The van der Waals surface area contributed by atoms with E-state index in [0.29, 0.717) is 24.7 Å². The highest BCUT2D eigenvalue weighted by atomic mass is 16.5. The van der Waals surface area contributed by atoms with Crippen LogP contribution in [-0.2, 0) is 25.5 Å². The number of carbonyl (C=O) groups excluding carboxylic acids is 4. The number of anilines is 2. The number of imidazole rings is 2. The molecule has 1 unspecified atom stereocenters. The van der Waals surface area contributed by atoms with Gasteiger partial charge in [-0.15, -0.1) is 0 Å². The van der Waals surface area contributed by atoms with Crippen molar-refractivity contribution in [3.05, 3.63) is 59.9 Å². The minimum Gasteiger partial charge on any atom is -0.453 e. The molecule has 16 heteroatoms. The predicted molar refractivity (Wildman–Crippen MR) is 219 cm³/mol. The van der Waals surface area contributed by atoms with Gasteiger partial charge in [0.25, 0.3) is 0 Å². The molecule has 0 bridgehead atoms. The van der Waals surface area contributed by atoms with Crippen molar-refractivity contribution in [2.75, 3.05) is 38.8 Å². The molecular weight excluding hydrogens is 755 g/mol. The first-order valence-corrected chi connectivity index (χ1v) is 20.6. The van der Waals surface area contributed by atoms with Crippen LogP contribution in [0.4, 0.5) is 21.0 Å². The Labute approximate surface area is 343 Å². The van der Waals surface area contributed by atoms with Gasteiger partial charge in [0, 0.05) is 30.8 Å². The van der Waals surface area contributed by atoms with Crippen LogP contribution >= 0.6 is 0 Å². The van der Waals surface area contributed by atoms with Crippen LogP contribution in [0.2, 0.25) is 0 Å². The normalized spacial score (nSPS) is 19.2. The Hall–Kier alpha value is -6.06. The molecule has 312 valence electrons. The van der Waals surface area contributed by atoms with Crippen molar-refractivity contribution in [2.24, 2.45) is 11.8 Å². The number of aromatic nitrogens is 4. The summed E-state index contributed by atoms with van der Waals surface area (Å²) in [6.45, 7) is 9.62. The first-order chi connectivity index (χ1) is 28.4. The van der Waals surface area contributed by atoms with E-state index in [-0.39, 0.29) is 35.7 Å². The molecule has 6 heterocycles. The molecule has 2 fully saturated rings. The zero-order chi connectivity index (χ0) is 41.5. The smallest absolute Gasteiger partial charge is 0.407 e. The highest BCUT2D eigenvalue weighted by Gasteiger charge is 2.39. The molecule has 2 aromatic carbocycles. The van der Waals surface area contributed by atoms with Crippen LogP contribution in [0.3, 0.4) is 0 Å². The molecule has 16 nitrogen and oxygen atoms in total. The molecule has 8 rings (SSSR count). The molecule has 4 aliphatic heterocycles. The second kappa shape index (κ2) is 16.3. The number of methoxy groups -OCH3 is 2. The van der Waals surface area contributed by atoms with Crippen LogP contribution in [-0.4, -0.2) is 99.7 Å². The van der Waals surface area contributed by atoms with Gasteiger partial charge in [-0.2, -0.15) is 0 Å². The molecule has 4 aliphatic rings. The lowest BCUT2D eigenvalue weighted by atomic mass is 9.95. The highest BCUT2D eigenvalue weighted by Crippen LogP contribution is 2.52. The summed E-state index contributed by atoms with van der Waals surface area (Å²) < 4.78 is 16.3. The van der Waals surface area contributed by atoms with E-state index in [1.807, 2.05) is 44.9 Å². The van der Waals surface area contributed by atoms with Crippen LogP contribution in [0.15, 0.2) is 42.7 Å². The summed E-state index contributed by atoms with van der Waals surface area (Å²) in [5.74, 6) is 2.34. The zero-order valence-electron chi connectivity index (χ0n) is 34.5. The van der Waals surface area contributed by atoms with Gasteiger partial charge in [0.1, 0.15) is 23.7 Å². The minimum atomic E-state index is -0.710. The molecule has 0 radical (unpaired) electrons. The van der Waals surface area contributed by atoms with E-state index in [9.17, 15) is 19.2 Å². The number of amides is 4. The molecule has 0 spiro atoms. The predicted octanol–water partition coefficient (Wildman–Crippen LogP) is 6.75. The third-order valence-corrected chi connectivity index (χ3v) is 12.0. The maximum Gasteiger partial charge on any atom is 0.407 e. The molecule has 0 saturated carbocycles. The fourth-order valence-corrected chi connectivity index (χ4v) is 8.97. The van der Waals surface area contributed by atoms with Crippen LogP contribution in [0.25, 0.3) is 22.5 Å². The summed E-state index contributed by atoms with van der Waals surface area (Å²) >= 11 is 0. The van der Waals surface area contributed by atoms with E-state index < -0.39 is 24.3 Å². The second-order valence-corrected chi connectivity index (χ2v) is 16.5. The number of carbonyl (C=O) groups is 4. The number of nitrogens with zero attached hydrogens (tertiary/aromatic N) is 5. The molecule has 2 aromatic heterocycles. The van der Waals surface area contributed by atoms with Crippen molar-refractivity contribution in [3.8, 4) is 34.0 Å². The Balaban J connectivity index is 1.02. The first kappa shape index (κ1) is 39.8. The van der Waals surface area contributed by atoms with Crippen molar-refractivity contribution >= 4 is 35.4 Å². The Morgan fingerprint density at radius 1 is 0.729 bits per heavy atom. The van der Waals surface area contributed by atoms with Gasteiger partial charge in [-0.05, 0) is 80.2 Å². The van der Waals surface area contributed by atoms with Gasteiger partial charge in [0.2, 0.25) is 11.8 Å². The van der Waals surface area contributed by atoms with Crippen LogP contribution < -0.4 is 20.3 Å². The Morgan fingerprint density at radius 3 is 1.81 bits per heavy atom. The van der Waals surface area contributed by atoms with Crippen LogP contribution in [0.5, 0.6) is 11.5 Å². The SMILES string of the molecule is COC(=O)N[C@H](C(=O)N1CCCC1c1ncc(-c2cc3c4c(c2)Oc2cc(-c5cnc([C@H]6CCCN6C(=O)[C@@H](NC(=O)OC)C(C)C)[nH]5)ccc2N4CCC3)[nH]1)C(C)C. The number of H-pyrrole nitrogens is 2. The lowest BCUT2D eigenvalue weighted by Crippen LogP contribution is -2.51. The number of likely N-dealkylation sites (tertiary alicyclic amines) is 2. The zero-order valence-corrected chi connectivity index (χ0v) is 34.5. The number of ether oxygens (including phenoxy) is 3. The van der Waals surface area contributed by atoms with Crippen molar-refractivity contribution in [1.29, 1.82) is 0 Å². The van der Waals surface area contributed by atoms with Crippen LogP contribution in [0.1, 0.15) is 89.1 Å². The lowest BCUT2D eigenvalue weighted by molar-refractivity contribution is -0.136. The number of benzene rings is 2. The van der Waals surface area contributed by atoms with E-state index in [0.717, 1.165) is 90.5 Å². The molecule has 59 heavy (non-hydrogen) atoms. The number of aromatic amines is 2. The van der Waals surface area contributed by atoms with Gasteiger partial charge in [-0.25, -0.2) is 19.6 Å². The number of hydrogen-bond donors (Lipinski definition) is 4. The summed E-state index contributed by atoms with van der Waals surface area (Å²) in [6.07, 6.45) is 7.42. The van der Waals surface area contributed by atoms with E-state index in [4.69, 9.17) is 24.2 Å². The van der Waals surface area contributed by atoms with Crippen molar-refractivity contribution in [3.63, 3.8) is 0 Å². The first-order valence-electron chi connectivity index (χ1n) is 20.6. The fourth-order valence-electron chi connectivity index (χ4n) is 8.97. The summed E-state index contributed by atoms with van der Waals surface area (Å²) in [6, 6.07) is 8.54. The average Bonchev–Trinajstić information content (AvgIpc) is 4.08. The van der Waals surface area contributed by atoms with Crippen molar-refractivity contribution in [2.45, 2.75) is 90.4 Å². The Morgan fingerprint density at radius 2 is 1.27 bits per heavy atom. The number of rotatable bonds is 10. The standard InChI is InChI=1S/C43H53N9O7/c1-23(2)35(48-42(55)57-5)40(53)51-16-8-11-31(51)38-44-21-28(46-38)25-13-14-30-33(19-25)59-34-20-27(18-26-10-7-15-50(30)37(26)34)29-22-45-39(47-29)32-12-9-17-52(32)41(54)36(24(3)4)49-43(56)58-6/h13-14,18-24,31-32,35-36H,7-12,15-17H2,1-6H3,(H,44,46)(H,45,47)(H,48,55)(H,49,56)/t31-,32?,35+,36+/m1/s1. The molecule has 0 aliphatic carbocycles. The number of hydrogen-bond acceptors (Lipinski definition) is 10. The number of fused-ring (bicyclic) bond motifs is 2. The molecule has 4 atom stereocenters. The van der Waals surface area contributed by atoms with Crippen molar-refractivity contribution in [1.82, 2.24) is 40.4 Å². The van der Waals surface area contributed by atoms with E-state index in [1.54, 1.807) is 11.1 Å². The van der Waals surface area contributed by atoms with E-state index >= 15 is 0 Å². The maximum absolute atomic E-state index is 13.7. The number of nitrogens with one attached hydrogen (secondary N) is 4. The Bertz CT molecular complexity index is 2250. The second-order valence-electron chi connectivity index (χ2n) is 16.5. The maximum atomic E-state index is 13.7. The molecule has 2 saturated heterocycles. The average molecular weight is 808 g/mol. The number of aryl methyl sites for hydroxylation is 1. The summed E-state index contributed by atoms with van der Waals surface area (Å²) in [4.78, 5) is 74.0. The number of alkyl carbamates (subject to hydrolysis) is 2. The van der Waals surface area contributed by atoms with Gasteiger partial charge in [-0.1, -0.05) is 33.8 Å². The van der Waals surface area contributed by atoms with Gasteiger partial charge >= 0.3 is 12.2 Å². The molecule has 4 N–H and O–H groups in total. The third kappa shape index (κ3) is 7.56. The summed E-state index contributed by atoms with van der Waals surface area (Å²) in [7, 11) is 2.58. The van der Waals surface area contributed by atoms with Gasteiger partial charge < -0.3 is 49.5 Å². The topological polar surface area (TPSA) is 187 Å². The molecule has 4 amide bonds. The third-order valence-electron chi connectivity index (χ3n) is 12.0. The fraction of sp³-hybridized carbons (Fsp3) is 0.488. The Kier molecular flexibility index (Phi) is 11.0. The lowest BCUT2D eigenvalue weighted by Gasteiger charge is -2.37. The summed E-state index contributed by atoms with van der Waals surface area (Å²) in [5.41, 5.74) is 6.74. The van der Waals surface area contributed by atoms with E-state index in [2.05, 4.69) is 49.8 Å². The highest BCUT2D eigenvalue weighted by molar-refractivity contribution is 5.88. The quantitative estimate of drug-likeness (QED) is 0.134. The van der Waals surface area contributed by atoms with Gasteiger partial charge in [0.15, 0.2) is 11.5 Å².